The average molecular weight is 360 g/mol. The van der Waals surface area contributed by atoms with Gasteiger partial charge in [-0.1, -0.05) is 24.3 Å². The molecule has 0 heterocycles. The minimum Gasteiger partial charge on any atom is -0.454 e. The van der Waals surface area contributed by atoms with Crippen molar-refractivity contribution in [3.05, 3.63) is 59.9 Å². The molecule has 0 bridgehead atoms. The van der Waals surface area contributed by atoms with Crippen molar-refractivity contribution in [3.8, 4) is 11.5 Å². The van der Waals surface area contributed by atoms with Gasteiger partial charge in [0.1, 0.15) is 5.75 Å². The van der Waals surface area contributed by atoms with E-state index in [1.165, 1.54) is 11.5 Å². The van der Waals surface area contributed by atoms with E-state index >= 15 is 0 Å². The van der Waals surface area contributed by atoms with Gasteiger partial charge in [-0.15, -0.1) is 0 Å². The third-order valence-electron chi connectivity index (χ3n) is 3.94. The van der Waals surface area contributed by atoms with Crippen LogP contribution < -0.4 is 16.0 Å². The fourth-order valence-electron chi connectivity index (χ4n) is 2.57. The first-order chi connectivity index (χ1) is 12.5. The molecular weight excluding hydrogens is 339 g/mol. The molecule has 2 aromatic carbocycles. The third-order valence-corrected chi connectivity index (χ3v) is 3.94. The van der Waals surface area contributed by atoms with E-state index in [2.05, 4.69) is 0 Å². The molecule has 0 aliphatic carbocycles. The van der Waals surface area contributed by atoms with E-state index in [1.54, 1.807) is 36.4 Å². The zero-order valence-corrected chi connectivity index (χ0v) is 14.2. The summed E-state index contributed by atoms with van der Waals surface area (Å²) in [4.78, 5) is 22.5. The van der Waals surface area contributed by atoms with Crippen molar-refractivity contribution in [1.82, 2.24) is 5.48 Å². The van der Waals surface area contributed by atoms with Gasteiger partial charge in [0.25, 0.3) is 0 Å². The van der Waals surface area contributed by atoms with Gasteiger partial charge in [-0.3, -0.25) is 14.8 Å². The van der Waals surface area contributed by atoms with Gasteiger partial charge in [0.2, 0.25) is 11.8 Å². The Morgan fingerprint density at radius 2 is 1.92 bits per heavy atom. The summed E-state index contributed by atoms with van der Waals surface area (Å²) in [6, 6.07) is 13.6. The molecule has 0 aromatic heterocycles. The number of nitrogens with two attached hydrogens (primary N) is 1. The van der Waals surface area contributed by atoms with E-state index in [4.69, 9.17) is 15.7 Å². The average Bonchev–Trinajstić information content (AvgIpc) is 2.63. The summed E-state index contributed by atoms with van der Waals surface area (Å²) in [6.07, 6.45) is 1.26. The second-order valence-electron chi connectivity index (χ2n) is 5.91. The van der Waals surface area contributed by atoms with Crippen LogP contribution >= 0.6 is 0 Å². The highest BCUT2D eigenvalue weighted by molar-refractivity contribution is 5.84. The summed E-state index contributed by atoms with van der Waals surface area (Å²) in [6.45, 7) is 0. The summed E-state index contributed by atoms with van der Waals surface area (Å²) >= 11 is 0. The summed E-state index contributed by atoms with van der Waals surface area (Å²) in [5.41, 5.74) is 7.49. The number of aryl methyl sites for hydroxylation is 1. The van der Waals surface area contributed by atoms with Crippen LogP contribution in [0.5, 0.6) is 11.5 Å². The molecule has 0 aliphatic heterocycles. The largest absolute Gasteiger partial charge is 0.454 e. The molecule has 0 unspecified atom stereocenters. The van der Waals surface area contributed by atoms with Crippen LogP contribution in [0.25, 0.3) is 0 Å². The Kier molecular flexibility index (Phi) is 7.11. The number of benzene rings is 2. The Balaban J connectivity index is 1.90. The Bertz CT molecular complexity index is 752. The standard InChI is InChI=1S/C19H21FN2O4/c20-16-11-13(5-4-6-14(19(21)24)12-18(23)22-25)9-10-17(16)26-15-7-2-1-3-8-15/h1-3,7-11,14,25H,4-6,12H2,(H2,21,24)(H,22,23)/t14-/m1/s1. The Hall–Kier alpha value is -2.93. The number of nitrogens with one attached hydrogen (secondary N) is 1. The van der Waals surface area contributed by atoms with Gasteiger partial charge in [0.05, 0.1) is 0 Å². The van der Waals surface area contributed by atoms with Crippen molar-refractivity contribution in [2.45, 2.75) is 25.7 Å². The fourth-order valence-corrected chi connectivity index (χ4v) is 2.57. The van der Waals surface area contributed by atoms with E-state index in [0.717, 1.165) is 5.56 Å². The number of hydroxylamine groups is 1. The zero-order valence-electron chi connectivity index (χ0n) is 14.2. The molecule has 2 rings (SSSR count). The van der Waals surface area contributed by atoms with Crippen LogP contribution in [0.2, 0.25) is 0 Å². The van der Waals surface area contributed by atoms with Crippen molar-refractivity contribution < 1.29 is 23.9 Å². The van der Waals surface area contributed by atoms with Crippen LogP contribution in [0.1, 0.15) is 24.8 Å². The maximum absolute atomic E-state index is 14.2. The topological polar surface area (TPSA) is 102 Å². The first-order valence-corrected chi connectivity index (χ1v) is 8.23. The van der Waals surface area contributed by atoms with Gasteiger partial charge in [0, 0.05) is 12.3 Å². The number of carbonyl (C=O) groups excluding carboxylic acids is 2. The highest BCUT2D eigenvalue weighted by atomic mass is 19.1. The van der Waals surface area contributed by atoms with Crippen LogP contribution in [0, 0.1) is 11.7 Å². The SMILES string of the molecule is NC(=O)[C@H](CCCc1ccc(Oc2ccccc2)c(F)c1)CC(=O)NO. The van der Waals surface area contributed by atoms with Crippen molar-refractivity contribution in [3.63, 3.8) is 0 Å². The monoisotopic (exact) mass is 360 g/mol. The maximum atomic E-state index is 14.2. The van der Waals surface area contributed by atoms with Crippen molar-refractivity contribution in [2.24, 2.45) is 11.7 Å². The number of amides is 2. The van der Waals surface area contributed by atoms with E-state index in [-0.39, 0.29) is 12.2 Å². The van der Waals surface area contributed by atoms with Gasteiger partial charge in [-0.25, -0.2) is 9.87 Å². The van der Waals surface area contributed by atoms with E-state index in [0.29, 0.717) is 25.0 Å². The molecule has 26 heavy (non-hydrogen) atoms. The number of hydrogen-bond donors (Lipinski definition) is 3. The summed E-state index contributed by atoms with van der Waals surface area (Å²) < 4.78 is 19.7. The Morgan fingerprint density at radius 1 is 1.19 bits per heavy atom. The lowest BCUT2D eigenvalue weighted by atomic mass is 9.95. The number of rotatable bonds is 9. The molecule has 6 nitrogen and oxygen atoms in total. The predicted molar refractivity (Wildman–Crippen MR) is 93.1 cm³/mol. The Morgan fingerprint density at radius 3 is 2.54 bits per heavy atom. The van der Waals surface area contributed by atoms with E-state index < -0.39 is 23.5 Å². The van der Waals surface area contributed by atoms with Crippen LogP contribution in [-0.2, 0) is 16.0 Å². The van der Waals surface area contributed by atoms with E-state index in [1.807, 2.05) is 6.07 Å². The molecule has 0 saturated heterocycles. The summed E-state index contributed by atoms with van der Waals surface area (Å²) in [5, 5.41) is 8.53. The molecule has 0 spiro atoms. The summed E-state index contributed by atoms with van der Waals surface area (Å²) in [5.74, 6) is -1.74. The van der Waals surface area contributed by atoms with Gasteiger partial charge in [-0.05, 0) is 49.1 Å². The van der Waals surface area contributed by atoms with Crippen LogP contribution in [0.4, 0.5) is 4.39 Å². The van der Waals surface area contributed by atoms with Crippen molar-refractivity contribution in [2.75, 3.05) is 0 Å². The number of para-hydroxylation sites is 1. The van der Waals surface area contributed by atoms with Crippen LogP contribution in [0.15, 0.2) is 48.5 Å². The predicted octanol–water partition coefficient (Wildman–Crippen LogP) is 2.94. The summed E-state index contributed by atoms with van der Waals surface area (Å²) in [7, 11) is 0. The first-order valence-electron chi connectivity index (χ1n) is 8.23. The smallest absolute Gasteiger partial charge is 0.244 e. The number of halogens is 1. The third kappa shape index (κ3) is 5.86. The van der Waals surface area contributed by atoms with Gasteiger partial charge in [0.15, 0.2) is 11.6 Å². The molecule has 7 heteroatoms. The maximum Gasteiger partial charge on any atom is 0.244 e. The lowest BCUT2D eigenvalue weighted by Gasteiger charge is -2.12. The molecule has 2 amide bonds. The van der Waals surface area contributed by atoms with Crippen molar-refractivity contribution >= 4 is 11.8 Å². The molecule has 4 N–H and O–H groups in total. The van der Waals surface area contributed by atoms with Gasteiger partial charge >= 0.3 is 0 Å². The molecule has 138 valence electrons. The zero-order chi connectivity index (χ0) is 18.9. The molecule has 1 atom stereocenters. The normalized spacial score (nSPS) is 11.6. The number of carbonyl (C=O) groups is 2. The highest BCUT2D eigenvalue weighted by Gasteiger charge is 2.19. The molecule has 0 fully saturated rings. The van der Waals surface area contributed by atoms with Crippen LogP contribution in [0.3, 0.4) is 0 Å². The number of ether oxygens (including phenoxy) is 1. The highest BCUT2D eigenvalue weighted by Crippen LogP contribution is 2.25. The molecule has 0 radical (unpaired) electrons. The minimum atomic E-state index is -0.673. The second kappa shape index (κ2) is 9.53. The fraction of sp³-hybridized carbons (Fsp3) is 0.263. The van der Waals surface area contributed by atoms with E-state index in [9.17, 15) is 14.0 Å². The molecule has 0 saturated carbocycles. The Labute approximate surface area is 150 Å². The lowest BCUT2D eigenvalue weighted by Crippen LogP contribution is -2.30. The van der Waals surface area contributed by atoms with Gasteiger partial charge in [-0.2, -0.15) is 0 Å². The number of hydrogen-bond acceptors (Lipinski definition) is 4. The second-order valence-corrected chi connectivity index (χ2v) is 5.91. The number of primary amides is 1. The molecule has 0 aliphatic rings. The molecular formula is C19H21FN2O4. The minimum absolute atomic E-state index is 0.134. The van der Waals surface area contributed by atoms with Crippen LogP contribution in [-0.4, -0.2) is 17.0 Å². The quantitative estimate of drug-likeness (QED) is 0.473. The lowest BCUT2D eigenvalue weighted by molar-refractivity contribution is -0.133. The van der Waals surface area contributed by atoms with Gasteiger partial charge < -0.3 is 10.5 Å². The molecule has 2 aromatic rings. The van der Waals surface area contributed by atoms with Crippen molar-refractivity contribution in [1.29, 1.82) is 0 Å². The first kappa shape index (κ1) is 19.4.